The molecule has 0 fully saturated rings. The maximum Gasteiger partial charge on any atom is 0.244 e. The second kappa shape index (κ2) is 10.9. The third-order valence-electron chi connectivity index (χ3n) is 6.41. The number of hydrogen-bond acceptors (Lipinski definition) is 7. The molecule has 2 aliphatic heterocycles. The fourth-order valence-electron chi connectivity index (χ4n) is 4.36. The number of aromatic nitrogens is 1. The van der Waals surface area contributed by atoms with Gasteiger partial charge in [0.15, 0.2) is 17.6 Å². The average Bonchev–Trinajstić information content (AvgIpc) is 3.33. The van der Waals surface area contributed by atoms with Crippen LogP contribution in [0, 0.1) is 0 Å². The number of aromatic amines is 1. The van der Waals surface area contributed by atoms with E-state index in [9.17, 15) is 20.1 Å². The SMILES string of the molecule is COc1cc2cc(c1O)Oc1ccc(cc1)/C=C\C(=O)NCCc1c[nH]c3ccc(cc13)O[C@@H](CO)[C@@H]2O. The predicted octanol–water partition coefficient (Wildman–Crippen LogP) is 3.83. The molecule has 0 spiro atoms. The van der Waals surface area contributed by atoms with E-state index in [1.54, 1.807) is 36.4 Å². The molecular formula is C29H28N2O7. The summed E-state index contributed by atoms with van der Waals surface area (Å²) in [5.74, 6) is 0.573. The first-order valence-corrected chi connectivity index (χ1v) is 12.2. The molecule has 38 heavy (non-hydrogen) atoms. The number of aliphatic hydroxyl groups excluding tert-OH is 2. The van der Waals surface area contributed by atoms with Gasteiger partial charge in [-0.3, -0.25) is 4.79 Å². The Kier molecular flexibility index (Phi) is 7.21. The molecule has 5 N–H and O–H groups in total. The lowest BCUT2D eigenvalue weighted by Crippen LogP contribution is -2.29. The van der Waals surface area contributed by atoms with Gasteiger partial charge in [0.05, 0.1) is 13.7 Å². The minimum absolute atomic E-state index is 0.0574. The highest BCUT2D eigenvalue weighted by molar-refractivity contribution is 5.91. The number of H-pyrrole nitrogens is 1. The fourth-order valence-corrected chi connectivity index (χ4v) is 4.36. The second-order valence-corrected chi connectivity index (χ2v) is 8.92. The van der Waals surface area contributed by atoms with Crippen LogP contribution in [0.4, 0.5) is 0 Å². The normalized spacial score (nSPS) is 18.8. The number of ether oxygens (including phenoxy) is 3. The molecule has 6 bridgehead atoms. The Morgan fingerprint density at radius 1 is 1.05 bits per heavy atom. The quantitative estimate of drug-likeness (QED) is 0.273. The van der Waals surface area contributed by atoms with E-state index < -0.39 is 18.8 Å². The molecule has 1 amide bonds. The van der Waals surface area contributed by atoms with Crippen molar-refractivity contribution < 1.29 is 34.3 Å². The van der Waals surface area contributed by atoms with Gasteiger partial charge in [0.2, 0.25) is 11.7 Å². The molecule has 3 aromatic carbocycles. The smallest absolute Gasteiger partial charge is 0.244 e. The van der Waals surface area contributed by atoms with Crippen molar-refractivity contribution in [2.45, 2.75) is 18.6 Å². The molecule has 2 aliphatic rings. The van der Waals surface area contributed by atoms with Crippen LogP contribution < -0.4 is 19.5 Å². The summed E-state index contributed by atoms with van der Waals surface area (Å²) >= 11 is 0. The number of carbonyl (C=O) groups excluding carboxylic acids is 1. The van der Waals surface area contributed by atoms with Gasteiger partial charge in [-0.1, -0.05) is 12.1 Å². The van der Waals surface area contributed by atoms with Gasteiger partial charge < -0.3 is 39.8 Å². The molecule has 1 aromatic heterocycles. The summed E-state index contributed by atoms with van der Waals surface area (Å²) in [7, 11) is 1.39. The van der Waals surface area contributed by atoms with Gasteiger partial charge in [-0.25, -0.2) is 0 Å². The number of aromatic hydroxyl groups is 1. The lowest BCUT2D eigenvalue weighted by molar-refractivity contribution is -0.116. The van der Waals surface area contributed by atoms with Gasteiger partial charge in [-0.05, 0) is 71.7 Å². The number of methoxy groups -OCH3 is 1. The number of rotatable bonds is 2. The van der Waals surface area contributed by atoms with Gasteiger partial charge in [-0.15, -0.1) is 0 Å². The van der Waals surface area contributed by atoms with E-state index in [2.05, 4.69) is 10.3 Å². The van der Waals surface area contributed by atoms with Crippen molar-refractivity contribution in [1.82, 2.24) is 10.3 Å². The molecule has 196 valence electrons. The van der Waals surface area contributed by atoms with Crippen molar-refractivity contribution in [3.8, 4) is 28.7 Å². The van der Waals surface area contributed by atoms with E-state index in [0.29, 0.717) is 30.0 Å². The van der Waals surface area contributed by atoms with Crippen LogP contribution in [0.2, 0.25) is 0 Å². The Morgan fingerprint density at radius 2 is 1.84 bits per heavy atom. The molecule has 0 radical (unpaired) electrons. The predicted molar refractivity (Wildman–Crippen MR) is 142 cm³/mol. The van der Waals surface area contributed by atoms with Gasteiger partial charge in [0.1, 0.15) is 17.6 Å². The zero-order chi connectivity index (χ0) is 26.6. The fraction of sp³-hybridized carbons (Fsp3) is 0.207. The number of carbonyl (C=O) groups is 1. The Morgan fingerprint density at radius 3 is 2.61 bits per heavy atom. The summed E-state index contributed by atoms with van der Waals surface area (Å²) < 4.78 is 17.2. The van der Waals surface area contributed by atoms with Crippen molar-refractivity contribution in [3.05, 3.63) is 83.6 Å². The lowest BCUT2D eigenvalue weighted by Gasteiger charge is -2.24. The number of fused-ring (bicyclic) bond motifs is 8. The van der Waals surface area contributed by atoms with Crippen molar-refractivity contribution >= 4 is 22.9 Å². The van der Waals surface area contributed by atoms with Crippen molar-refractivity contribution in [2.24, 2.45) is 0 Å². The van der Waals surface area contributed by atoms with E-state index in [-0.39, 0.29) is 23.2 Å². The number of amides is 1. The van der Waals surface area contributed by atoms with Crippen molar-refractivity contribution in [1.29, 1.82) is 0 Å². The van der Waals surface area contributed by atoms with E-state index >= 15 is 0 Å². The first kappa shape index (κ1) is 25.2. The Hall–Kier alpha value is -4.47. The number of benzene rings is 3. The molecule has 0 saturated heterocycles. The number of aliphatic hydroxyl groups is 2. The maximum absolute atomic E-state index is 12.3. The Bertz CT molecular complexity index is 1480. The second-order valence-electron chi connectivity index (χ2n) is 8.92. The monoisotopic (exact) mass is 516 g/mol. The highest BCUT2D eigenvalue weighted by Crippen LogP contribution is 2.42. The minimum Gasteiger partial charge on any atom is -0.502 e. The molecule has 6 rings (SSSR count). The molecule has 3 heterocycles. The van der Waals surface area contributed by atoms with Crippen LogP contribution in [-0.2, 0) is 11.2 Å². The van der Waals surface area contributed by atoms with Crippen LogP contribution in [0.1, 0.15) is 22.8 Å². The minimum atomic E-state index is -1.27. The Labute approximate surface area is 218 Å². The highest BCUT2D eigenvalue weighted by Gasteiger charge is 2.26. The molecule has 0 saturated carbocycles. The molecule has 4 aromatic rings. The molecular weight excluding hydrogens is 488 g/mol. The molecule has 2 atom stereocenters. The van der Waals surface area contributed by atoms with Crippen LogP contribution in [-0.4, -0.2) is 52.6 Å². The van der Waals surface area contributed by atoms with Crippen LogP contribution >= 0.6 is 0 Å². The van der Waals surface area contributed by atoms with E-state index in [1.165, 1.54) is 25.3 Å². The van der Waals surface area contributed by atoms with E-state index in [1.807, 2.05) is 18.3 Å². The zero-order valence-electron chi connectivity index (χ0n) is 20.7. The standard InChI is InChI=1S/C29H28N2O7/c1-36-24-12-19-13-25(29(24)35)37-20-5-2-17(3-6-20)4-9-27(33)30-11-10-18-15-31-23-8-7-21(14-22(18)23)38-26(16-32)28(19)34/h2-9,12-15,26,28,31-32,34-35H,10-11,16H2,1H3,(H,30,33)/b9-4-/t26-,28+/m0/s1. The topological polar surface area (TPSA) is 133 Å². The third-order valence-corrected chi connectivity index (χ3v) is 6.41. The first-order valence-electron chi connectivity index (χ1n) is 12.2. The maximum atomic E-state index is 12.3. The number of nitrogens with one attached hydrogen (secondary N) is 2. The van der Waals surface area contributed by atoms with Crippen LogP contribution in [0.25, 0.3) is 17.0 Å². The van der Waals surface area contributed by atoms with Gasteiger partial charge >= 0.3 is 0 Å². The summed E-state index contributed by atoms with van der Waals surface area (Å²) in [6, 6.07) is 15.3. The van der Waals surface area contributed by atoms with Gasteiger partial charge in [0.25, 0.3) is 0 Å². The van der Waals surface area contributed by atoms with Crippen molar-refractivity contribution in [2.75, 3.05) is 20.3 Å². The Balaban J connectivity index is 1.56. The lowest BCUT2D eigenvalue weighted by atomic mass is 10.0. The third kappa shape index (κ3) is 5.29. The van der Waals surface area contributed by atoms with Crippen LogP contribution in [0.5, 0.6) is 28.7 Å². The summed E-state index contributed by atoms with van der Waals surface area (Å²) in [6.07, 6.45) is 3.36. The van der Waals surface area contributed by atoms with E-state index in [0.717, 1.165) is 22.0 Å². The first-order chi connectivity index (χ1) is 18.4. The van der Waals surface area contributed by atoms with E-state index in [4.69, 9.17) is 14.2 Å². The number of phenolic OH excluding ortho intramolecular Hbond substituents is 1. The summed E-state index contributed by atoms with van der Waals surface area (Å²) in [6.45, 7) is -0.0357. The van der Waals surface area contributed by atoms with Crippen LogP contribution in [0.15, 0.2) is 66.9 Å². The summed E-state index contributed by atoms with van der Waals surface area (Å²) in [4.78, 5) is 15.5. The average molecular weight is 517 g/mol. The molecule has 9 nitrogen and oxygen atoms in total. The highest BCUT2D eigenvalue weighted by atomic mass is 16.5. The zero-order valence-corrected chi connectivity index (χ0v) is 20.7. The molecule has 0 aliphatic carbocycles. The van der Waals surface area contributed by atoms with Gasteiger partial charge in [0, 0.05) is 29.7 Å². The largest absolute Gasteiger partial charge is 0.502 e. The number of hydrogen-bond donors (Lipinski definition) is 5. The van der Waals surface area contributed by atoms with Crippen molar-refractivity contribution in [3.63, 3.8) is 0 Å². The van der Waals surface area contributed by atoms with Gasteiger partial charge in [-0.2, -0.15) is 0 Å². The van der Waals surface area contributed by atoms with Crippen LogP contribution in [0.3, 0.4) is 0 Å². The summed E-state index contributed by atoms with van der Waals surface area (Å²) in [5.41, 5.74) is 3.00. The number of phenols is 1. The molecule has 0 unspecified atom stereocenters. The summed E-state index contributed by atoms with van der Waals surface area (Å²) in [5, 5.41) is 35.7. The molecule has 9 heteroatoms.